The number of urea groups is 2. The number of hydrogen-bond donors (Lipinski definition) is 2. The number of nitrogens with one attached hydrogen (secondary N) is 1. The van der Waals surface area contributed by atoms with Crippen molar-refractivity contribution >= 4 is 46.6 Å². The van der Waals surface area contributed by atoms with Gasteiger partial charge < -0.3 is 10.2 Å². The maximum Gasteiger partial charge on any atom is 0.347 e. The first-order chi connectivity index (χ1) is 15.2. The summed E-state index contributed by atoms with van der Waals surface area (Å²) in [5.74, 6) is 0. The maximum atomic E-state index is 13.7. The maximum absolute atomic E-state index is 13.7. The molecule has 2 aliphatic rings. The Morgan fingerprint density at radius 3 is 2.34 bits per heavy atom. The van der Waals surface area contributed by atoms with Gasteiger partial charge in [-0.2, -0.15) is 5.06 Å². The average Bonchev–Trinajstić information content (AvgIpc) is 3.31. The number of hydrogen-bond acceptors (Lipinski definition) is 3. The molecule has 32 heavy (non-hydrogen) atoms. The van der Waals surface area contributed by atoms with E-state index in [0.29, 0.717) is 26.5 Å². The van der Waals surface area contributed by atoms with Crippen LogP contribution >= 0.6 is 23.2 Å². The van der Waals surface area contributed by atoms with Gasteiger partial charge in [0.1, 0.15) is 0 Å². The highest BCUT2D eigenvalue weighted by molar-refractivity contribution is 6.31. The fourth-order valence-electron chi connectivity index (χ4n) is 4.84. The molecule has 2 aromatic rings. The van der Waals surface area contributed by atoms with Crippen LogP contribution in [-0.2, 0) is 0 Å². The fraction of sp³-hybridized carbons (Fsp3) is 0.391. The smallest absolute Gasteiger partial charge is 0.312 e. The first-order valence-corrected chi connectivity index (χ1v) is 11.4. The van der Waals surface area contributed by atoms with Crippen LogP contribution in [0.15, 0.2) is 48.5 Å². The van der Waals surface area contributed by atoms with Gasteiger partial charge in [-0.25, -0.2) is 9.59 Å². The second-order valence-corrected chi connectivity index (χ2v) is 9.63. The normalized spacial score (nSPS) is 20.7. The fourth-order valence-corrected chi connectivity index (χ4v) is 5.22. The lowest BCUT2D eigenvalue weighted by molar-refractivity contribution is -0.0976. The molecular formula is C23H26Cl2N4O3. The van der Waals surface area contributed by atoms with Crippen molar-refractivity contribution in [2.75, 3.05) is 10.2 Å². The molecule has 2 fully saturated rings. The van der Waals surface area contributed by atoms with E-state index < -0.39 is 17.7 Å². The van der Waals surface area contributed by atoms with E-state index in [9.17, 15) is 14.8 Å². The number of carbonyl (C=O) groups excluding carboxylic acids is 2. The summed E-state index contributed by atoms with van der Waals surface area (Å²) in [7, 11) is 0. The van der Waals surface area contributed by atoms with Gasteiger partial charge in [-0.1, -0.05) is 48.2 Å². The Morgan fingerprint density at radius 2 is 1.72 bits per heavy atom. The van der Waals surface area contributed by atoms with E-state index in [0.717, 1.165) is 25.7 Å². The summed E-state index contributed by atoms with van der Waals surface area (Å²) in [6.45, 7) is 3.74. The van der Waals surface area contributed by atoms with Gasteiger partial charge in [-0.05, 0) is 63.1 Å². The van der Waals surface area contributed by atoms with E-state index in [1.165, 1.54) is 4.90 Å². The molecule has 4 rings (SSSR count). The van der Waals surface area contributed by atoms with Crippen LogP contribution in [0.3, 0.4) is 0 Å². The van der Waals surface area contributed by atoms with Crippen molar-refractivity contribution in [2.45, 2.75) is 57.3 Å². The number of hydroxylamine groups is 2. The van der Waals surface area contributed by atoms with Crippen molar-refractivity contribution in [2.24, 2.45) is 0 Å². The van der Waals surface area contributed by atoms with Crippen LogP contribution in [0.25, 0.3) is 0 Å². The zero-order valence-corrected chi connectivity index (χ0v) is 19.5. The molecule has 0 aromatic heterocycles. The summed E-state index contributed by atoms with van der Waals surface area (Å²) < 4.78 is 0. The van der Waals surface area contributed by atoms with Gasteiger partial charge in [0.25, 0.3) is 0 Å². The quantitative estimate of drug-likeness (QED) is 0.406. The van der Waals surface area contributed by atoms with E-state index in [2.05, 4.69) is 5.32 Å². The van der Waals surface area contributed by atoms with E-state index in [-0.39, 0.29) is 12.1 Å². The van der Waals surface area contributed by atoms with Gasteiger partial charge in [0.05, 0.1) is 5.54 Å². The second-order valence-electron chi connectivity index (χ2n) is 8.75. The summed E-state index contributed by atoms with van der Waals surface area (Å²) in [5.41, 5.74) is 0.0794. The first-order valence-electron chi connectivity index (χ1n) is 10.6. The molecule has 0 bridgehead atoms. The highest BCUT2D eigenvalue weighted by Crippen LogP contribution is 2.42. The minimum atomic E-state index is -0.978. The topological polar surface area (TPSA) is 76.1 Å². The summed E-state index contributed by atoms with van der Waals surface area (Å²) in [6, 6.07) is 12.5. The molecule has 2 N–H and O–H groups in total. The summed E-state index contributed by atoms with van der Waals surface area (Å²) >= 11 is 12.2. The van der Waals surface area contributed by atoms with Crippen molar-refractivity contribution in [3.63, 3.8) is 0 Å². The van der Waals surface area contributed by atoms with Crippen LogP contribution in [0.2, 0.25) is 10.0 Å². The lowest BCUT2D eigenvalue weighted by Gasteiger charge is -2.40. The third-order valence-electron chi connectivity index (χ3n) is 6.20. The highest BCUT2D eigenvalue weighted by atomic mass is 35.5. The van der Waals surface area contributed by atoms with Gasteiger partial charge in [-0.15, -0.1) is 0 Å². The monoisotopic (exact) mass is 476 g/mol. The summed E-state index contributed by atoms with van der Waals surface area (Å²) in [6.07, 6.45) is 2.90. The molecule has 1 saturated heterocycles. The van der Waals surface area contributed by atoms with Crippen molar-refractivity contribution in [1.82, 2.24) is 9.96 Å². The molecule has 1 atom stereocenters. The predicted molar refractivity (Wildman–Crippen MR) is 125 cm³/mol. The molecule has 1 aliphatic carbocycles. The van der Waals surface area contributed by atoms with Crippen LogP contribution in [0.4, 0.5) is 21.0 Å². The van der Waals surface area contributed by atoms with E-state index in [4.69, 9.17) is 23.2 Å². The summed E-state index contributed by atoms with van der Waals surface area (Å²) in [4.78, 5) is 30.0. The Balaban J connectivity index is 1.71. The zero-order chi connectivity index (χ0) is 23.0. The van der Waals surface area contributed by atoms with Gasteiger partial charge in [0.15, 0.2) is 6.17 Å². The Bertz CT molecular complexity index is 1030. The van der Waals surface area contributed by atoms with Gasteiger partial charge in [-0.3, -0.25) is 10.1 Å². The molecule has 4 amide bonds. The molecule has 2 aromatic carbocycles. The van der Waals surface area contributed by atoms with Crippen LogP contribution in [0.1, 0.15) is 39.5 Å². The van der Waals surface area contributed by atoms with Gasteiger partial charge in [0.2, 0.25) is 0 Å². The Morgan fingerprint density at radius 1 is 1.09 bits per heavy atom. The Kier molecular flexibility index (Phi) is 6.25. The third-order valence-corrected chi connectivity index (χ3v) is 6.67. The minimum absolute atomic E-state index is 0.0496. The number of amides is 4. The van der Waals surface area contributed by atoms with Crippen molar-refractivity contribution in [1.29, 1.82) is 0 Å². The Hall–Kier alpha value is -2.48. The first kappa shape index (κ1) is 22.7. The number of halogens is 2. The SMILES string of the molecule is CC1(C)C(N(O)C(=O)Nc2cccc(Cl)c2)N(c2cccc(Cl)c2)C(=O)N1C1CCCC1. The lowest BCUT2D eigenvalue weighted by Crippen LogP contribution is -2.59. The highest BCUT2D eigenvalue weighted by Gasteiger charge is 2.58. The van der Waals surface area contributed by atoms with Crippen molar-refractivity contribution < 1.29 is 14.8 Å². The van der Waals surface area contributed by atoms with Gasteiger partial charge >= 0.3 is 12.1 Å². The molecule has 1 heterocycles. The molecule has 0 spiro atoms. The predicted octanol–water partition coefficient (Wildman–Crippen LogP) is 6.21. The number of benzene rings is 2. The molecular weight excluding hydrogens is 451 g/mol. The molecule has 9 heteroatoms. The van der Waals surface area contributed by atoms with Crippen LogP contribution in [-0.4, -0.2) is 45.0 Å². The standard InChI is InChI=1S/C23H26Cl2N4O3/c1-23(2)20(29(32)21(30)26-17-9-5-7-15(24)13-17)27(19-12-6-8-16(25)14-19)22(31)28(23)18-10-3-4-11-18/h5-9,12-14,18,20,32H,3-4,10-11H2,1-2H3,(H,26,30). The van der Waals surface area contributed by atoms with Crippen LogP contribution < -0.4 is 10.2 Å². The lowest BCUT2D eigenvalue weighted by atomic mass is 9.97. The van der Waals surface area contributed by atoms with E-state index >= 15 is 0 Å². The van der Waals surface area contributed by atoms with E-state index in [1.54, 1.807) is 48.5 Å². The molecule has 1 unspecified atom stereocenters. The largest absolute Gasteiger partial charge is 0.347 e. The Labute approximate surface area is 197 Å². The third kappa shape index (κ3) is 4.12. The number of anilines is 2. The molecule has 1 saturated carbocycles. The number of carbonyl (C=O) groups is 2. The van der Waals surface area contributed by atoms with Gasteiger partial charge in [0, 0.05) is 27.5 Å². The minimum Gasteiger partial charge on any atom is -0.312 e. The molecule has 0 radical (unpaired) electrons. The molecule has 170 valence electrons. The molecule has 7 nitrogen and oxygen atoms in total. The average molecular weight is 477 g/mol. The zero-order valence-electron chi connectivity index (χ0n) is 18.0. The van der Waals surface area contributed by atoms with Crippen molar-refractivity contribution in [3.05, 3.63) is 58.6 Å². The van der Waals surface area contributed by atoms with Crippen LogP contribution in [0.5, 0.6) is 0 Å². The number of rotatable bonds is 4. The molecule has 1 aliphatic heterocycles. The van der Waals surface area contributed by atoms with E-state index in [1.807, 2.05) is 18.7 Å². The second kappa shape index (κ2) is 8.81. The van der Waals surface area contributed by atoms with Crippen molar-refractivity contribution in [3.8, 4) is 0 Å². The van der Waals surface area contributed by atoms with Crippen LogP contribution in [0, 0.1) is 0 Å². The summed E-state index contributed by atoms with van der Waals surface area (Å²) in [5, 5.41) is 15.3. The number of nitrogens with zero attached hydrogens (tertiary/aromatic N) is 3.